The lowest BCUT2D eigenvalue weighted by Crippen LogP contribution is -2.00. The normalized spacial score (nSPS) is 24.8. The zero-order valence-electron chi connectivity index (χ0n) is 6.95. The van der Waals surface area contributed by atoms with E-state index in [2.05, 4.69) is 30.8 Å². The predicted octanol–water partition coefficient (Wildman–Crippen LogP) is 2.03. The van der Waals surface area contributed by atoms with Crippen molar-refractivity contribution in [3.8, 4) is 0 Å². The molecule has 1 atom stereocenters. The Balaban J connectivity index is 2.68. The lowest BCUT2D eigenvalue weighted by molar-refractivity contribution is 0.678. The summed E-state index contributed by atoms with van der Waals surface area (Å²) < 4.78 is 16.8. The molecule has 1 aromatic rings. The van der Waals surface area contributed by atoms with E-state index in [4.69, 9.17) is 0 Å². The van der Waals surface area contributed by atoms with Crippen LogP contribution in [0.1, 0.15) is 6.92 Å². The minimum Gasteiger partial charge on any atom is -0.252 e. The highest BCUT2D eigenvalue weighted by Gasteiger charge is 2.22. The largest absolute Gasteiger partial charge is 0.252 e. The molecule has 0 aliphatic carbocycles. The number of halogens is 1. The van der Waals surface area contributed by atoms with E-state index in [1.165, 1.54) is 0 Å². The number of anilines is 1. The number of nitrogens with one attached hydrogen (secondary N) is 1. The van der Waals surface area contributed by atoms with Gasteiger partial charge in [-0.3, -0.25) is 5.43 Å². The highest BCUT2D eigenvalue weighted by molar-refractivity contribution is 9.10. The Bertz CT molecular complexity index is 465. The van der Waals surface area contributed by atoms with E-state index in [0.29, 0.717) is 16.5 Å². The maximum atomic E-state index is 12.0. The Morgan fingerprint density at radius 2 is 2.46 bits per heavy atom. The van der Waals surface area contributed by atoms with Crippen molar-refractivity contribution in [2.45, 2.75) is 11.8 Å². The van der Waals surface area contributed by atoms with Crippen LogP contribution in [-0.4, -0.2) is 14.9 Å². The van der Waals surface area contributed by atoms with Crippen molar-refractivity contribution in [2.24, 2.45) is 4.47 Å². The first kappa shape index (κ1) is 8.96. The van der Waals surface area contributed by atoms with E-state index in [1.54, 1.807) is 12.3 Å². The second-order valence-corrected chi connectivity index (χ2v) is 6.03. The zero-order valence-corrected chi connectivity index (χ0v) is 9.35. The second kappa shape index (κ2) is 2.95. The molecule has 0 fully saturated rings. The van der Waals surface area contributed by atoms with E-state index in [-0.39, 0.29) is 0 Å². The molecule has 0 saturated heterocycles. The van der Waals surface area contributed by atoms with Gasteiger partial charge in [-0.15, -0.1) is 4.47 Å². The molecule has 2 heterocycles. The van der Waals surface area contributed by atoms with Crippen LogP contribution < -0.4 is 5.43 Å². The van der Waals surface area contributed by atoms with Crippen LogP contribution in [-0.2, 0) is 9.73 Å². The van der Waals surface area contributed by atoms with Crippen molar-refractivity contribution >= 4 is 31.5 Å². The van der Waals surface area contributed by atoms with Crippen molar-refractivity contribution in [2.75, 3.05) is 11.2 Å². The molecule has 6 heteroatoms. The average molecular weight is 262 g/mol. The van der Waals surface area contributed by atoms with Crippen LogP contribution in [0.2, 0.25) is 0 Å². The predicted molar refractivity (Wildman–Crippen MR) is 54.9 cm³/mol. The van der Waals surface area contributed by atoms with Crippen molar-refractivity contribution in [3.05, 3.63) is 16.7 Å². The Labute approximate surface area is 85.0 Å². The molecule has 1 aliphatic heterocycles. The monoisotopic (exact) mass is 261 g/mol. The van der Waals surface area contributed by atoms with E-state index in [9.17, 15) is 4.21 Å². The molecule has 0 saturated carbocycles. The quantitative estimate of drug-likeness (QED) is 0.842. The smallest absolute Gasteiger partial charge is 0.164 e. The molecular weight excluding hydrogens is 254 g/mol. The van der Waals surface area contributed by atoms with Gasteiger partial charge >= 0.3 is 0 Å². The van der Waals surface area contributed by atoms with Gasteiger partial charge in [0.2, 0.25) is 0 Å². The number of aromatic nitrogens is 1. The van der Waals surface area contributed by atoms with Crippen LogP contribution in [0.5, 0.6) is 0 Å². The van der Waals surface area contributed by atoms with Crippen molar-refractivity contribution in [3.63, 3.8) is 0 Å². The van der Waals surface area contributed by atoms with Gasteiger partial charge in [-0.25, -0.2) is 9.19 Å². The fourth-order valence-corrected chi connectivity index (χ4v) is 3.10. The summed E-state index contributed by atoms with van der Waals surface area (Å²) in [5.41, 5.74) is 2.69. The van der Waals surface area contributed by atoms with Crippen molar-refractivity contribution < 1.29 is 4.21 Å². The number of pyridine rings is 1. The van der Waals surface area contributed by atoms with Crippen LogP contribution in [0.4, 0.5) is 5.82 Å². The Morgan fingerprint density at radius 1 is 1.69 bits per heavy atom. The third kappa shape index (κ3) is 1.34. The van der Waals surface area contributed by atoms with Crippen LogP contribution in [0, 0.1) is 0 Å². The van der Waals surface area contributed by atoms with Gasteiger partial charge in [0.15, 0.2) is 5.82 Å². The van der Waals surface area contributed by atoms with E-state index < -0.39 is 9.73 Å². The van der Waals surface area contributed by atoms with E-state index in [0.717, 1.165) is 4.47 Å². The Hall–Kier alpha value is -0.620. The molecule has 0 amide bonds. The summed E-state index contributed by atoms with van der Waals surface area (Å²) in [6.45, 7) is 1.85. The van der Waals surface area contributed by atoms with Crippen LogP contribution in [0.15, 0.2) is 26.1 Å². The molecule has 13 heavy (non-hydrogen) atoms. The summed E-state index contributed by atoms with van der Waals surface area (Å²) in [5.74, 6) is 1.11. The molecule has 0 spiro atoms. The summed E-state index contributed by atoms with van der Waals surface area (Å²) in [7, 11) is -2.25. The highest BCUT2D eigenvalue weighted by Crippen LogP contribution is 2.29. The first-order chi connectivity index (χ1) is 6.15. The topological polar surface area (TPSA) is 54.4 Å². The maximum absolute atomic E-state index is 12.0. The van der Waals surface area contributed by atoms with E-state index >= 15 is 0 Å². The average Bonchev–Trinajstić information content (AvgIpc) is 2.45. The molecule has 1 aliphatic rings. The highest BCUT2D eigenvalue weighted by atomic mass is 79.9. The van der Waals surface area contributed by atoms with Gasteiger partial charge in [0.1, 0.15) is 9.73 Å². The number of nitrogens with zero attached hydrogens (tertiary/aromatic N) is 2. The Morgan fingerprint density at radius 3 is 3.15 bits per heavy atom. The number of rotatable bonds is 1. The van der Waals surface area contributed by atoms with Gasteiger partial charge in [0.25, 0.3) is 0 Å². The number of fused-ring (bicyclic) bond motifs is 1. The maximum Gasteiger partial charge on any atom is 0.164 e. The summed E-state index contributed by atoms with van der Waals surface area (Å²) in [6, 6.07) is 1.80. The molecule has 2 rings (SSSR count). The fourth-order valence-electron chi connectivity index (χ4n) is 1.13. The summed E-state index contributed by atoms with van der Waals surface area (Å²) in [6.07, 6.45) is 1.65. The van der Waals surface area contributed by atoms with Gasteiger partial charge in [0, 0.05) is 16.4 Å². The second-order valence-electron chi connectivity index (χ2n) is 2.63. The zero-order chi connectivity index (χ0) is 9.47. The summed E-state index contributed by atoms with van der Waals surface area (Å²) >= 11 is 3.29. The van der Waals surface area contributed by atoms with Crippen molar-refractivity contribution in [1.82, 2.24) is 4.98 Å². The molecule has 1 aromatic heterocycles. The SMILES string of the molecule is CCS1(=O)=NNc2ncc(Br)cc21. The first-order valence-electron chi connectivity index (χ1n) is 3.81. The van der Waals surface area contributed by atoms with Gasteiger partial charge in [-0.2, -0.15) is 0 Å². The third-order valence-corrected chi connectivity index (χ3v) is 4.45. The van der Waals surface area contributed by atoms with Crippen LogP contribution in [0.25, 0.3) is 0 Å². The first-order valence-corrected chi connectivity index (χ1v) is 6.29. The molecule has 0 bridgehead atoms. The van der Waals surface area contributed by atoms with Crippen LogP contribution in [0.3, 0.4) is 0 Å². The lowest BCUT2D eigenvalue weighted by Gasteiger charge is -2.00. The molecule has 70 valence electrons. The number of hydrogen-bond donors (Lipinski definition) is 1. The molecule has 4 nitrogen and oxygen atoms in total. The van der Waals surface area contributed by atoms with Gasteiger partial charge in [-0.05, 0) is 22.0 Å². The number of hydrogen-bond acceptors (Lipinski definition) is 4. The van der Waals surface area contributed by atoms with Crippen molar-refractivity contribution in [1.29, 1.82) is 0 Å². The van der Waals surface area contributed by atoms with E-state index in [1.807, 2.05) is 6.92 Å². The molecular formula is C7H8BrN3OS. The van der Waals surface area contributed by atoms with Gasteiger partial charge in [-0.1, -0.05) is 6.92 Å². The van der Waals surface area contributed by atoms with Gasteiger partial charge in [0.05, 0.1) is 4.90 Å². The molecule has 0 radical (unpaired) electrons. The lowest BCUT2D eigenvalue weighted by atomic mass is 10.5. The summed E-state index contributed by atoms with van der Waals surface area (Å²) in [4.78, 5) is 4.77. The minimum absolute atomic E-state index is 0.505. The molecule has 1 N–H and O–H groups in total. The summed E-state index contributed by atoms with van der Waals surface area (Å²) in [5, 5.41) is 0. The standard InChI is InChI=1S/C7H8BrN3OS/c1-2-13(12)6-3-5(8)4-9-7(6)10-11-13/h3-4H,2H2,1H3,(H,9,10). The van der Waals surface area contributed by atoms with Gasteiger partial charge < -0.3 is 0 Å². The Kier molecular flexibility index (Phi) is 2.03. The minimum atomic E-state index is -2.25. The molecule has 1 unspecified atom stereocenters. The molecule has 0 aromatic carbocycles. The fraction of sp³-hybridized carbons (Fsp3) is 0.286. The third-order valence-electron chi connectivity index (χ3n) is 1.85. The van der Waals surface area contributed by atoms with Crippen LogP contribution >= 0.6 is 15.9 Å².